The largest absolute Gasteiger partial charge is 0.354 e. The van der Waals surface area contributed by atoms with Crippen LogP contribution in [0.1, 0.15) is 25.5 Å². The highest BCUT2D eigenvalue weighted by molar-refractivity contribution is 14.0. The second kappa shape index (κ2) is 9.87. The predicted octanol–water partition coefficient (Wildman–Crippen LogP) is 3.31. The summed E-state index contributed by atoms with van der Waals surface area (Å²) in [4.78, 5) is 9.14. The van der Waals surface area contributed by atoms with Crippen LogP contribution in [0.2, 0.25) is 0 Å². The fraction of sp³-hybridized carbons (Fsp3) is 0.611. The molecule has 1 aliphatic rings. The number of nitrogens with one attached hydrogen (secondary N) is 1. The van der Waals surface area contributed by atoms with E-state index in [1.807, 2.05) is 18.8 Å². The van der Waals surface area contributed by atoms with Crippen molar-refractivity contribution in [1.29, 1.82) is 0 Å². The predicted molar refractivity (Wildman–Crippen MR) is 118 cm³/mol. The molecule has 1 saturated heterocycles. The molecule has 0 radical (unpaired) electrons. The molecule has 24 heavy (non-hydrogen) atoms. The number of thioether (sulfide) groups is 1. The zero-order valence-corrected chi connectivity index (χ0v) is 18.6. The lowest BCUT2D eigenvalue weighted by molar-refractivity contribution is 0.292. The Bertz CT molecular complexity index is 519. The van der Waals surface area contributed by atoms with E-state index in [1.165, 1.54) is 5.56 Å². The molecule has 6 heteroatoms. The van der Waals surface area contributed by atoms with Gasteiger partial charge in [0.15, 0.2) is 5.96 Å². The van der Waals surface area contributed by atoms with Crippen molar-refractivity contribution in [2.24, 2.45) is 4.99 Å². The van der Waals surface area contributed by atoms with Crippen molar-refractivity contribution < 1.29 is 0 Å². The van der Waals surface area contributed by atoms with Crippen LogP contribution in [0, 0.1) is 0 Å². The highest BCUT2D eigenvalue weighted by Gasteiger charge is 2.29. The molecule has 1 atom stereocenters. The molecule has 1 unspecified atom stereocenters. The first kappa shape index (κ1) is 21.6. The molecule has 0 bridgehead atoms. The maximum Gasteiger partial charge on any atom is 0.193 e. The van der Waals surface area contributed by atoms with Crippen LogP contribution < -0.4 is 5.32 Å². The molecule has 1 fully saturated rings. The van der Waals surface area contributed by atoms with Crippen LogP contribution in [0.15, 0.2) is 35.3 Å². The summed E-state index contributed by atoms with van der Waals surface area (Å²) in [7, 11) is 6.13. The van der Waals surface area contributed by atoms with E-state index in [2.05, 4.69) is 78.4 Å². The second-order valence-corrected chi connectivity index (χ2v) is 8.65. The second-order valence-electron chi connectivity index (χ2n) is 6.85. The average Bonchev–Trinajstić information content (AvgIpc) is 2.51. The van der Waals surface area contributed by atoms with Crippen LogP contribution in [0.25, 0.3) is 0 Å². The smallest absolute Gasteiger partial charge is 0.193 e. The Labute approximate surface area is 168 Å². The van der Waals surface area contributed by atoms with Crippen molar-refractivity contribution in [3.63, 3.8) is 0 Å². The van der Waals surface area contributed by atoms with Gasteiger partial charge in [-0.25, -0.2) is 0 Å². The summed E-state index contributed by atoms with van der Waals surface area (Å²) < 4.78 is 0.288. The lowest BCUT2D eigenvalue weighted by atomic mass is 10.1. The van der Waals surface area contributed by atoms with Gasteiger partial charge in [-0.05, 0) is 33.5 Å². The van der Waals surface area contributed by atoms with Crippen molar-refractivity contribution in [2.45, 2.75) is 24.6 Å². The third kappa shape index (κ3) is 6.11. The van der Waals surface area contributed by atoms with Gasteiger partial charge >= 0.3 is 0 Å². The van der Waals surface area contributed by atoms with Gasteiger partial charge in [0.25, 0.3) is 0 Å². The molecular weight excluding hydrogens is 431 g/mol. The van der Waals surface area contributed by atoms with Gasteiger partial charge in [0.1, 0.15) is 0 Å². The SMILES string of the molecule is CN=C(NCC(c1ccccc1)N(C)C)N1CCSC(C)(C)C1.I. The van der Waals surface area contributed by atoms with Crippen molar-refractivity contribution in [1.82, 2.24) is 15.1 Å². The molecule has 1 aliphatic heterocycles. The maximum absolute atomic E-state index is 4.51. The topological polar surface area (TPSA) is 30.9 Å². The maximum atomic E-state index is 4.51. The highest BCUT2D eigenvalue weighted by atomic mass is 127. The van der Waals surface area contributed by atoms with Crippen LogP contribution >= 0.6 is 35.7 Å². The van der Waals surface area contributed by atoms with E-state index in [4.69, 9.17) is 0 Å². The van der Waals surface area contributed by atoms with Gasteiger partial charge < -0.3 is 15.1 Å². The Morgan fingerprint density at radius 2 is 2.00 bits per heavy atom. The van der Waals surface area contributed by atoms with E-state index < -0.39 is 0 Å². The van der Waals surface area contributed by atoms with E-state index >= 15 is 0 Å². The molecule has 136 valence electrons. The molecule has 0 amide bonds. The Hall–Kier alpha value is -0.470. The number of halogens is 1. The zero-order chi connectivity index (χ0) is 16.9. The average molecular weight is 462 g/mol. The first-order valence-electron chi connectivity index (χ1n) is 8.24. The van der Waals surface area contributed by atoms with Crippen molar-refractivity contribution in [2.75, 3.05) is 46.5 Å². The molecule has 1 aromatic carbocycles. The quantitative estimate of drug-likeness (QED) is 0.423. The number of likely N-dealkylation sites (N-methyl/N-ethyl adjacent to an activating group) is 1. The minimum atomic E-state index is 0. The molecule has 0 saturated carbocycles. The Balaban J connectivity index is 0.00000288. The standard InChI is InChI=1S/C18H30N4S.HI/c1-18(2)14-22(11-12-23-18)17(19-3)20-13-16(21(4)5)15-9-7-6-8-10-15;/h6-10,16H,11-14H2,1-5H3,(H,19,20);1H. The third-order valence-corrected chi connectivity index (χ3v) is 5.50. The van der Waals surface area contributed by atoms with Crippen LogP contribution in [-0.4, -0.2) is 67.0 Å². The van der Waals surface area contributed by atoms with Crippen molar-refractivity contribution in [3.05, 3.63) is 35.9 Å². The fourth-order valence-electron chi connectivity index (χ4n) is 2.99. The lowest BCUT2D eigenvalue weighted by Gasteiger charge is -2.39. The summed E-state index contributed by atoms with van der Waals surface area (Å²) >= 11 is 2.05. The fourth-order valence-corrected chi connectivity index (χ4v) is 4.10. The number of hydrogen-bond acceptors (Lipinski definition) is 3. The first-order valence-corrected chi connectivity index (χ1v) is 9.22. The number of aliphatic imine (C=N–C) groups is 1. The van der Waals surface area contributed by atoms with Crippen LogP contribution in [-0.2, 0) is 0 Å². The Kier molecular flexibility index (Phi) is 8.87. The molecule has 0 aromatic heterocycles. The summed E-state index contributed by atoms with van der Waals surface area (Å²) in [5.41, 5.74) is 1.33. The van der Waals surface area contributed by atoms with Gasteiger partial charge in [0.05, 0.1) is 6.04 Å². The molecule has 1 aromatic rings. The monoisotopic (exact) mass is 462 g/mol. The molecule has 4 nitrogen and oxygen atoms in total. The van der Waals surface area contributed by atoms with Crippen molar-refractivity contribution >= 4 is 41.7 Å². The number of hydrogen-bond donors (Lipinski definition) is 1. The van der Waals surface area contributed by atoms with Gasteiger partial charge in [0.2, 0.25) is 0 Å². The van der Waals surface area contributed by atoms with E-state index in [1.54, 1.807) is 0 Å². The van der Waals surface area contributed by atoms with Gasteiger partial charge in [0, 0.05) is 37.2 Å². The molecule has 0 aliphatic carbocycles. The van der Waals surface area contributed by atoms with Gasteiger partial charge in [-0.3, -0.25) is 4.99 Å². The van der Waals surface area contributed by atoms with Crippen molar-refractivity contribution in [3.8, 4) is 0 Å². The van der Waals surface area contributed by atoms with Crippen LogP contribution in [0.3, 0.4) is 0 Å². The number of nitrogens with zero attached hydrogens (tertiary/aromatic N) is 3. The molecule has 0 spiro atoms. The minimum absolute atomic E-state index is 0. The van der Waals surface area contributed by atoms with E-state index in [0.717, 1.165) is 31.3 Å². The number of benzene rings is 1. The minimum Gasteiger partial charge on any atom is -0.354 e. The summed E-state index contributed by atoms with van der Waals surface area (Å²) in [5, 5.41) is 3.58. The molecule has 2 rings (SSSR count). The normalized spacial score (nSPS) is 18.9. The molecular formula is C18H31IN4S. The Morgan fingerprint density at radius 3 is 2.54 bits per heavy atom. The highest BCUT2D eigenvalue weighted by Crippen LogP contribution is 2.29. The Morgan fingerprint density at radius 1 is 1.33 bits per heavy atom. The molecule has 1 N–H and O–H groups in total. The number of guanidine groups is 1. The summed E-state index contributed by atoms with van der Waals surface area (Å²) in [6.45, 7) is 7.57. The van der Waals surface area contributed by atoms with Crippen LogP contribution in [0.4, 0.5) is 0 Å². The van der Waals surface area contributed by atoms with Crippen LogP contribution in [0.5, 0.6) is 0 Å². The van der Waals surface area contributed by atoms with E-state index in [9.17, 15) is 0 Å². The van der Waals surface area contributed by atoms with Gasteiger partial charge in [-0.1, -0.05) is 30.3 Å². The summed E-state index contributed by atoms with van der Waals surface area (Å²) in [6, 6.07) is 11.0. The molecule has 1 heterocycles. The van der Waals surface area contributed by atoms with Gasteiger partial charge in [-0.15, -0.1) is 24.0 Å². The summed E-state index contributed by atoms with van der Waals surface area (Å²) in [5.74, 6) is 2.17. The number of rotatable bonds is 4. The third-order valence-electron chi connectivity index (χ3n) is 4.20. The van der Waals surface area contributed by atoms with E-state index in [0.29, 0.717) is 6.04 Å². The zero-order valence-electron chi connectivity index (χ0n) is 15.5. The van der Waals surface area contributed by atoms with E-state index in [-0.39, 0.29) is 28.7 Å². The van der Waals surface area contributed by atoms with Gasteiger partial charge in [-0.2, -0.15) is 11.8 Å². The summed E-state index contributed by atoms with van der Waals surface area (Å²) in [6.07, 6.45) is 0. The lowest BCUT2D eigenvalue weighted by Crippen LogP contribution is -2.52. The first-order chi connectivity index (χ1) is 10.9.